The summed E-state index contributed by atoms with van der Waals surface area (Å²) in [5.74, 6) is -0.176. The number of halogens is 2. The van der Waals surface area contributed by atoms with Gasteiger partial charge in [-0.3, -0.25) is 4.79 Å². The van der Waals surface area contributed by atoms with Crippen LogP contribution < -0.4 is 10.6 Å². The fraction of sp³-hybridized carbons (Fsp3) is 0.364. The molecular formula is C22H25ClFN3O2. The highest BCUT2D eigenvalue weighted by Gasteiger charge is 2.24. The second-order valence-corrected chi connectivity index (χ2v) is 7.71. The van der Waals surface area contributed by atoms with Crippen LogP contribution >= 0.6 is 11.6 Å². The summed E-state index contributed by atoms with van der Waals surface area (Å²) in [7, 11) is 0. The topological polar surface area (TPSA) is 61.4 Å². The van der Waals surface area contributed by atoms with Gasteiger partial charge in [-0.25, -0.2) is 9.18 Å². The lowest BCUT2D eigenvalue weighted by Crippen LogP contribution is -2.42. The van der Waals surface area contributed by atoms with Gasteiger partial charge in [0.05, 0.1) is 0 Å². The molecule has 1 unspecified atom stereocenters. The van der Waals surface area contributed by atoms with E-state index >= 15 is 0 Å². The van der Waals surface area contributed by atoms with Gasteiger partial charge in [0, 0.05) is 36.8 Å². The molecule has 5 nitrogen and oxygen atoms in total. The van der Waals surface area contributed by atoms with Crippen molar-refractivity contribution >= 4 is 29.2 Å². The normalized spacial score (nSPS) is 16.3. The molecule has 1 aliphatic heterocycles. The Balaban J connectivity index is 1.41. The summed E-state index contributed by atoms with van der Waals surface area (Å²) >= 11 is 5.98. The summed E-state index contributed by atoms with van der Waals surface area (Å²) in [5.41, 5.74) is 1.46. The first-order valence-electron chi connectivity index (χ1n) is 9.83. The molecule has 0 radical (unpaired) electrons. The van der Waals surface area contributed by atoms with E-state index in [1.165, 1.54) is 12.1 Å². The van der Waals surface area contributed by atoms with Crippen LogP contribution in [0.5, 0.6) is 0 Å². The summed E-state index contributed by atoms with van der Waals surface area (Å²) < 4.78 is 13.1. The Morgan fingerprint density at radius 3 is 2.72 bits per heavy atom. The summed E-state index contributed by atoms with van der Waals surface area (Å²) in [5, 5.41) is 6.04. The van der Waals surface area contributed by atoms with Crippen LogP contribution in [0.4, 0.5) is 14.9 Å². The molecule has 0 saturated carbocycles. The average Bonchev–Trinajstić information content (AvgIpc) is 2.72. The molecular weight excluding hydrogens is 393 g/mol. The van der Waals surface area contributed by atoms with Gasteiger partial charge in [-0.05, 0) is 55.0 Å². The minimum absolute atomic E-state index is 0.0729. The maximum atomic E-state index is 13.1. The number of hydrogen-bond donors (Lipinski definition) is 2. The number of piperidine rings is 1. The second kappa shape index (κ2) is 10.3. The van der Waals surface area contributed by atoms with E-state index in [4.69, 9.17) is 11.6 Å². The van der Waals surface area contributed by atoms with Gasteiger partial charge in [0.2, 0.25) is 5.91 Å². The summed E-state index contributed by atoms with van der Waals surface area (Å²) in [6, 6.07) is 13.4. The average molecular weight is 418 g/mol. The molecule has 3 rings (SSSR count). The fourth-order valence-electron chi connectivity index (χ4n) is 3.49. The van der Waals surface area contributed by atoms with Crippen LogP contribution in [0.2, 0.25) is 5.02 Å². The minimum atomic E-state index is -0.400. The molecule has 1 saturated heterocycles. The number of anilines is 1. The highest BCUT2D eigenvalue weighted by molar-refractivity contribution is 6.31. The third-order valence-corrected chi connectivity index (χ3v) is 5.45. The van der Waals surface area contributed by atoms with Crippen LogP contribution in [0, 0.1) is 11.7 Å². The third kappa shape index (κ3) is 6.46. The number of amides is 3. The maximum absolute atomic E-state index is 13.1. The van der Waals surface area contributed by atoms with E-state index in [1.807, 2.05) is 35.2 Å². The summed E-state index contributed by atoms with van der Waals surface area (Å²) in [4.78, 5) is 26.5. The molecule has 1 aliphatic rings. The van der Waals surface area contributed by atoms with Crippen LogP contribution in [0.25, 0.3) is 0 Å². The Morgan fingerprint density at radius 1 is 1.17 bits per heavy atom. The van der Waals surface area contributed by atoms with Crippen molar-refractivity contribution in [2.75, 3.05) is 18.4 Å². The summed E-state index contributed by atoms with van der Waals surface area (Å²) in [6.07, 6.45) is 3.04. The number of urea groups is 1. The monoisotopic (exact) mass is 417 g/mol. The molecule has 1 fully saturated rings. The van der Waals surface area contributed by atoms with Crippen molar-refractivity contribution in [2.24, 2.45) is 5.92 Å². The lowest BCUT2D eigenvalue weighted by atomic mass is 9.93. The van der Waals surface area contributed by atoms with Gasteiger partial charge in [-0.15, -0.1) is 0 Å². The van der Waals surface area contributed by atoms with Gasteiger partial charge < -0.3 is 15.5 Å². The number of benzene rings is 2. The Bertz CT molecular complexity index is 847. The van der Waals surface area contributed by atoms with E-state index in [1.54, 1.807) is 6.07 Å². The molecule has 154 valence electrons. The quantitative estimate of drug-likeness (QED) is 0.707. The number of likely N-dealkylation sites (tertiary alicyclic amines) is 1. The molecule has 2 N–H and O–H groups in total. The first-order chi connectivity index (χ1) is 14.0. The van der Waals surface area contributed by atoms with Crippen molar-refractivity contribution in [2.45, 2.75) is 32.2 Å². The molecule has 0 aromatic heterocycles. The molecule has 2 aromatic rings. The predicted octanol–water partition coefficient (Wildman–Crippen LogP) is 4.82. The zero-order valence-electron chi connectivity index (χ0n) is 16.2. The maximum Gasteiger partial charge on any atom is 0.321 e. The van der Waals surface area contributed by atoms with E-state index in [0.717, 1.165) is 31.5 Å². The van der Waals surface area contributed by atoms with Crippen molar-refractivity contribution < 1.29 is 14.0 Å². The molecule has 0 bridgehead atoms. The molecule has 29 heavy (non-hydrogen) atoms. The first-order valence-corrected chi connectivity index (χ1v) is 10.2. The van der Waals surface area contributed by atoms with E-state index < -0.39 is 5.82 Å². The number of para-hydroxylation sites is 1. The van der Waals surface area contributed by atoms with E-state index in [9.17, 15) is 14.0 Å². The second-order valence-electron chi connectivity index (χ2n) is 7.30. The lowest BCUT2D eigenvalue weighted by Gasteiger charge is -2.32. The molecule has 1 heterocycles. The Kier molecular flexibility index (Phi) is 7.47. The van der Waals surface area contributed by atoms with Crippen LogP contribution in [0.3, 0.4) is 0 Å². The van der Waals surface area contributed by atoms with Crippen LogP contribution in [0.15, 0.2) is 48.5 Å². The molecule has 7 heteroatoms. The minimum Gasteiger partial charge on any atom is -0.352 e. The number of rotatable bonds is 6. The highest BCUT2D eigenvalue weighted by Crippen LogP contribution is 2.22. The van der Waals surface area contributed by atoms with Crippen molar-refractivity contribution in [1.29, 1.82) is 0 Å². The van der Waals surface area contributed by atoms with E-state index in [2.05, 4.69) is 10.6 Å². The lowest BCUT2D eigenvalue weighted by molar-refractivity contribution is -0.121. The molecule has 2 aromatic carbocycles. The molecule has 0 aliphatic carbocycles. The number of carbonyl (C=O) groups is 2. The van der Waals surface area contributed by atoms with Gasteiger partial charge in [0.25, 0.3) is 0 Å². The Morgan fingerprint density at radius 2 is 1.97 bits per heavy atom. The first kappa shape index (κ1) is 21.1. The van der Waals surface area contributed by atoms with E-state index in [-0.39, 0.29) is 18.5 Å². The van der Waals surface area contributed by atoms with Crippen molar-refractivity contribution in [3.63, 3.8) is 0 Å². The summed E-state index contributed by atoms with van der Waals surface area (Å²) in [6.45, 7) is 1.65. The SMILES string of the molecule is O=C(CCC1CCCN(C(=O)Nc2ccccc2)C1)NCc1ccc(F)cc1Cl. The van der Waals surface area contributed by atoms with E-state index in [0.29, 0.717) is 29.5 Å². The Hall–Kier alpha value is -2.60. The van der Waals surface area contributed by atoms with Gasteiger partial charge in [-0.2, -0.15) is 0 Å². The van der Waals surface area contributed by atoms with Crippen LogP contribution in [-0.4, -0.2) is 29.9 Å². The number of hydrogen-bond acceptors (Lipinski definition) is 2. The van der Waals surface area contributed by atoms with Gasteiger partial charge >= 0.3 is 6.03 Å². The standard InChI is InChI=1S/C22H25ClFN3O2/c23-20-13-18(24)10-9-17(20)14-25-21(28)11-8-16-5-4-12-27(15-16)22(29)26-19-6-2-1-3-7-19/h1-3,6-7,9-10,13,16H,4-5,8,11-12,14-15H2,(H,25,28)(H,26,29). The zero-order valence-corrected chi connectivity index (χ0v) is 16.9. The van der Waals surface area contributed by atoms with Gasteiger partial charge in [0.1, 0.15) is 5.82 Å². The zero-order chi connectivity index (χ0) is 20.6. The largest absolute Gasteiger partial charge is 0.352 e. The Labute approximate surface area is 175 Å². The highest BCUT2D eigenvalue weighted by atomic mass is 35.5. The van der Waals surface area contributed by atoms with Crippen molar-refractivity contribution in [1.82, 2.24) is 10.2 Å². The number of carbonyl (C=O) groups excluding carboxylic acids is 2. The number of nitrogens with zero attached hydrogens (tertiary/aromatic N) is 1. The molecule has 3 amide bonds. The van der Waals surface area contributed by atoms with Gasteiger partial charge in [0.15, 0.2) is 0 Å². The van der Waals surface area contributed by atoms with Gasteiger partial charge in [-0.1, -0.05) is 35.9 Å². The van der Waals surface area contributed by atoms with Crippen molar-refractivity contribution in [3.05, 3.63) is 64.9 Å². The van der Waals surface area contributed by atoms with Crippen LogP contribution in [-0.2, 0) is 11.3 Å². The fourth-order valence-corrected chi connectivity index (χ4v) is 3.73. The molecule has 1 atom stereocenters. The molecule has 0 spiro atoms. The smallest absolute Gasteiger partial charge is 0.321 e. The number of nitrogens with one attached hydrogen (secondary N) is 2. The van der Waals surface area contributed by atoms with Crippen LogP contribution in [0.1, 0.15) is 31.2 Å². The van der Waals surface area contributed by atoms with Crippen molar-refractivity contribution in [3.8, 4) is 0 Å². The predicted molar refractivity (Wildman–Crippen MR) is 112 cm³/mol. The third-order valence-electron chi connectivity index (χ3n) is 5.10.